The fourth-order valence-electron chi connectivity index (χ4n) is 2.90. The Morgan fingerprint density at radius 1 is 1.21 bits per heavy atom. The molecule has 29 heavy (non-hydrogen) atoms. The normalized spacial score (nSPS) is 14.9. The van der Waals surface area contributed by atoms with Gasteiger partial charge in [-0.05, 0) is 43.2 Å². The fourth-order valence-corrected chi connectivity index (χ4v) is 5.35. The predicted molar refractivity (Wildman–Crippen MR) is 121 cm³/mol. The van der Waals surface area contributed by atoms with Gasteiger partial charge in [0.15, 0.2) is 5.17 Å². The number of nitrogens with one attached hydrogen (secondary N) is 1. The summed E-state index contributed by atoms with van der Waals surface area (Å²) >= 11 is 7.20. The van der Waals surface area contributed by atoms with Crippen LogP contribution in [0.15, 0.2) is 51.8 Å². The van der Waals surface area contributed by atoms with E-state index in [1.807, 2.05) is 11.8 Å². The largest absolute Gasteiger partial charge is 0.325 e. The fraction of sp³-hybridized carbons (Fsp3) is 0.300. The zero-order valence-corrected chi connectivity index (χ0v) is 18.6. The van der Waals surface area contributed by atoms with Crippen molar-refractivity contribution in [2.45, 2.75) is 31.6 Å². The maximum absolute atomic E-state index is 12.6. The molecule has 0 spiro atoms. The molecule has 0 unspecified atom stereocenters. The van der Waals surface area contributed by atoms with Gasteiger partial charge >= 0.3 is 0 Å². The van der Waals surface area contributed by atoms with E-state index in [2.05, 4.69) is 16.6 Å². The number of hydrogen-bond donors (Lipinski definition) is 1. The van der Waals surface area contributed by atoms with Crippen LogP contribution in [-0.2, 0) is 14.8 Å². The molecule has 9 heteroatoms. The number of carbonyl (C=O) groups excluding carboxylic acids is 1. The minimum absolute atomic E-state index is 0.0328. The van der Waals surface area contributed by atoms with Gasteiger partial charge in [0.2, 0.25) is 5.91 Å². The Hall–Kier alpha value is -2.03. The molecule has 1 N–H and O–H groups in total. The molecule has 3 rings (SSSR count). The molecule has 1 aliphatic heterocycles. The lowest BCUT2D eigenvalue weighted by molar-refractivity contribution is -0.113. The highest BCUT2D eigenvalue weighted by Crippen LogP contribution is 2.34. The molecule has 0 saturated carbocycles. The minimum atomic E-state index is -3.79. The minimum Gasteiger partial charge on any atom is -0.325 e. The van der Waals surface area contributed by atoms with Gasteiger partial charge in [0, 0.05) is 17.3 Å². The number of rotatable bonds is 6. The van der Waals surface area contributed by atoms with Crippen LogP contribution in [0.4, 0.5) is 11.4 Å². The van der Waals surface area contributed by atoms with Gasteiger partial charge in [-0.15, -0.1) is 4.40 Å². The van der Waals surface area contributed by atoms with Crippen molar-refractivity contribution in [1.29, 1.82) is 0 Å². The highest BCUT2D eigenvalue weighted by Gasteiger charge is 2.30. The number of hydrogen-bond acceptors (Lipinski definition) is 5. The molecule has 2 aromatic rings. The van der Waals surface area contributed by atoms with Crippen molar-refractivity contribution in [3.63, 3.8) is 0 Å². The lowest BCUT2D eigenvalue weighted by Gasteiger charge is -2.30. The summed E-state index contributed by atoms with van der Waals surface area (Å²) in [5.74, 6) is -0.222. The van der Waals surface area contributed by atoms with Gasteiger partial charge in [0.1, 0.15) is 4.90 Å². The zero-order chi connectivity index (χ0) is 21.0. The van der Waals surface area contributed by atoms with Crippen LogP contribution in [0.5, 0.6) is 0 Å². The number of amides is 1. The van der Waals surface area contributed by atoms with Gasteiger partial charge in [-0.2, -0.15) is 8.42 Å². The first kappa shape index (κ1) is 21.7. The number of thioether (sulfide) groups is 1. The molecule has 1 heterocycles. The number of benzene rings is 2. The van der Waals surface area contributed by atoms with Crippen LogP contribution in [0, 0.1) is 6.92 Å². The number of halogens is 1. The van der Waals surface area contributed by atoms with Crippen LogP contribution < -0.4 is 10.2 Å². The van der Waals surface area contributed by atoms with E-state index in [0.29, 0.717) is 28.1 Å². The van der Waals surface area contributed by atoms with Gasteiger partial charge in [-0.3, -0.25) is 4.79 Å². The predicted octanol–water partition coefficient (Wildman–Crippen LogP) is 4.69. The summed E-state index contributed by atoms with van der Waals surface area (Å²) in [6, 6.07) is 12.1. The Kier molecular flexibility index (Phi) is 6.87. The maximum atomic E-state index is 12.6. The molecule has 0 bridgehead atoms. The number of para-hydroxylation sites is 1. The summed E-state index contributed by atoms with van der Waals surface area (Å²) in [6.07, 6.45) is 1.83. The maximum Gasteiger partial charge on any atom is 0.286 e. The Balaban J connectivity index is 1.78. The number of unbranched alkanes of at least 4 members (excludes halogenated alkanes) is 1. The topological polar surface area (TPSA) is 78.8 Å². The molecule has 0 atom stereocenters. The number of amidine groups is 1. The van der Waals surface area contributed by atoms with Crippen molar-refractivity contribution in [3.8, 4) is 0 Å². The van der Waals surface area contributed by atoms with E-state index < -0.39 is 10.0 Å². The molecule has 0 aliphatic carbocycles. The number of sulfonamides is 1. The first-order valence-electron chi connectivity index (χ1n) is 9.23. The average Bonchev–Trinajstić information content (AvgIpc) is 2.69. The van der Waals surface area contributed by atoms with Gasteiger partial charge in [0.25, 0.3) is 10.0 Å². The molecule has 2 aromatic carbocycles. The molecular formula is C20H22ClN3O3S2. The summed E-state index contributed by atoms with van der Waals surface area (Å²) < 4.78 is 29.1. The number of fused-ring (bicyclic) bond motifs is 1. The molecule has 0 aromatic heterocycles. The second-order valence-electron chi connectivity index (χ2n) is 6.57. The third kappa shape index (κ3) is 4.94. The number of anilines is 2. The SMILES string of the molecule is CCCCN1C(SCC(=O)Nc2cccc(Cl)c2C)=NS(=O)(=O)c2ccccc21. The summed E-state index contributed by atoms with van der Waals surface area (Å²) in [4.78, 5) is 14.5. The number of carbonyl (C=O) groups is 1. The molecule has 6 nitrogen and oxygen atoms in total. The van der Waals surface area contributed by atoms with Crippen molar-refractivity contribution in [1.82, 2.24) is 0 Å². The third-order valence-electron chi connectivity index (χ3n) is 4.47. The van der Waals surface area contributed by atoms with Crippen LogP contribution in [0.2, 0.25) is 5.02 Å². The Labute approximate surface area is 180 Å². The Morgan fingerprint density at radius 2 is 1.97 bits per heavy atom. The molecule has 0 radical (unpaired) electrons. The molecule has 1 amide bonds. The first-order chi connectivity index (χ1) is 13.8. The van der Waals surface area contributed by atoms with Crippen molar-refractivity contribution in [2.75, 3.05) is 22.5 Å². The summed E-state index contributed by atoms with van der Waals surface area (Å²) in [5, 5.41) is 3.71. The monoisotopic (exact) mass is 451 g/mol. The number of nitrogens with zero attached hydrogens (tertiary/aromatic N) is 2. The zero-order valence-electron chi connectivity index (χ0n) is 16.2. The van der Waals surface area contributed by atoms with Crippen LogP contribution in [0.25, 0.3) is 0 Å². The summed E-state index contributed by atoms with van der Waals surface area (Å²) in [5.41, 5.74) is 2.02. The van der Waals surface area contributed by atoms with Gasteiger partial charge in [0.05, 0.1) is 11.4 Å². The van der Waals surface area contributed by atoms with Crippen LogP contribution in [0.1, 0.15) is 25.3 Å². The highest BCUT2D eigenvalue weighted by atomic mass is 35.5. The van der Waals surface area contributed by atoms with E-state index in [9.17, 15) is 13.2 Å². The molecule has 1 aliphatic rings. The van der Waals surface area contributed by atoms with E-state index in [1.165, 1.54) is 0 Å². The van der Waals surface area contributed by atoms with E-state index in [-0.39, 0.29) is 16.6 Å². The van der Waals surface area contributed by atoms with E-state index in [0.717, 1.165) is 30.2 Å². The molecular weight excluding hydrogens is 430 g/mol. The van der Waals surface area contributed by atoms with E-state index in [4.69, 9.17) is 11.6 Å². The van der Waals surface area contributed by atoms with Crippen molar-refractivity contribution < 1.29 is 13.2 Å². The second-order valence-corrected chi connectivity index (χ2v) is 9.49. The van der Waals surface area contributed by atoms with Gasteiger partial charge in [-0.25, -0.2) is 0 Å². The standard InChI is InChI=1S/C20H22ClN3O3S2/c1-3-4-12-24-17-10-5-6-11-18(17)29(26,27)23-20(24)28-13-19(25)22-16-9-7-8-15(21)14(16)2/h5-11H,3-4,12-13H2,1-2H3,(H,22,25). The lowest BCUT2D eigenvalue weighted by atomic mass is 10.2. The Bertz CT molecular complexity index is 1050. The molecule has 0 fully saturated rings. The average molecular weight is 452 g/mol. The second kappa shape index (κ2) is 9.19. The molecule has 0 saturated heterocycles. The van der Waals surface area contributed by atoms with Crippen molar-refractivity contribution >= 4 is 55.8 Å². The van der Waals surface area contributed by atoms with Crippen LogP contribution >= 0.6 is 23.4 Å². The van der Waals surface area contributed by atoms with Crippen LogP contribution in [-0.4, -0.2) is 31.8 Å². The van der Waals surface area contributed by atoms with E-state index >= 15 is 0 Å². The van der Waals surface area contributed by atoms with Crippen molar-refractivity contribution in [3.05, 3.63) is 53.1 Å². The summed E-state index contributed by atoms with van der Waals surface area (Å²) in [6.45, 7) is 4.52. The first-order valence-corrected chi connectivity index (χ1v) is 12.0. The van der Waals surface area contributed by atoms with Gasteiger partial charge in [-0.1, -0.05) is 54.9 Å². The molecule has 154 valence electrons. The van der Waals surface area contributed by atoms with Gasteiger partial charge < -0.3 is 10.2 Å². The Morgan fingerprint density at radius 3 is 2.72 bits per heavy atom. The lowest BCUT2D eigenvalue weighted by Crippen LogP contribution is -2.35. The quantitative estimate of drug-likeness (QED) is 0.689. The summed E-state index contributed by atoms with van der Waals surface area (Å²) in [7, 11) is -3.79. The van der Waals surface area contributed by atoms with Crippen LogP contribution in [0.3, 0.4) is 0 Å². The smallest absolute Gasteiger partial charge is 0.286 e. The highest BCUT2D eigenvalue weighted by molar-refractivity contribution is 8.15. The van der Waals surface area contributed by atoms with Crippen molar-refractivity contribution in [2.24, 2.45) is 4.40 Å². The third-order valence-corrected chi connectivity index (χ3v) is 7.29. The van der Waals surface area contributed by atoms with E-state index in [1.54, 1.807) is 42.5 Å².